The fraction of sp³-hybridized carbons (Fsp3) is 0.368. The first-order chi connectivity index (χ1) is 12.0. The predicted octanol–water partition coefficient (Wildman–Crippen LogP) is 4.69. The summed E-state index contributed by atoms with van der Waals surface area (Å²) in [6, 6.07) is 10.7. The monoisotopic (exact) mass is 372 g/mol. The lowest BCUT2D eigenvalue weighted by molar-refractivity contribution is 0.956. The van der Waals surface area contributed by atoms with Crippen molar-refractivity contribution >= 4 is 34.2 Å². The zero-order valence-corrected chi connectivity index (χ0v) is 16.2. The van der Waals surface area contributed by atoms with Gasteiger partial charge in [0.2, 0.25) is 0 Å². The minimum atomic E-state index is 0.276. The molecule has 2 heterocycles. The molecule has 1 N–H and O–H groups in total. The molecule has 0 unspecified atom stereocenters. The number of hydrazone groups is 1. The fourth-order valence-corrected chi connectivity index (χ4v) is 4.23. The van der Waals surface area contributed by atoms with Crippen molar-refractivity contribution < 1.29 is 0 Å². The summed E-state index contributed by atoms with van der Waals surface area (Å²) in [4.78, 5) is 4.67. The van der Waals surface area contributed by atoms with Crippen LogP contribution in [0.1, 0.15) is 36.7 Å². The average Bonchev–Trinajstić information content (AvgIpc) is 3.34. The molecular formula is C19H21ClN4S. The lowest BCUT2D eigenvalue weighted by Crippen LogP contribution is -2.31. The first-order valence-electron chi connectivity index (χ1n) is 8.56. The van der Waals surface area contributed by atoms with E-state index in [-0.39, 0.29) is 5.25 Å². The molecule has 1 atom stereocenters. The molecule has 6 heteroatoms. The first-order valence-corrected chi connectivity index (χ1v) is 9.82. The van der Waals surface area contributed by atoms with Crippen LogP contribution in [0.3, 0.4) is 0 Å². The van der Waals surface area contributed by atoms with Gasteiger partial charge < -0.3 is 4.57 Å². The van der Waals surface area contributed by atoms with Gasteiger partial charge in [-0.3, -0.25) is 10.4 Å². The molecule has 0 spiro atoms. The van der Waals surface area contributed by atoms with E-state index in [4.69, 9.17) is 11.6 Å². The van der Waals surface area contributed by atoms with E-state index >= 15 is 0 Å². The van der Waals surface area contributed by atoms with Crippen LogP contribution >= 0.6 is 23.4 Å². The van der Waals surface area contributed by atoms with Gasteiger partial charge in [-0.1, -0.05) is 23.4 Å². The Morgan fingerprint density at radius 3 is 2.60 bits per heavy atom. The molecule has 25 heavy (non-hydrogen) atoms. The van der Waals surface area contributed by atoms with Crippen LogP contribution in [0.2, 0.25) is 5.02 Å². The Labute approximate surface area is 157 Å². The number of thioether (sulfide) groups is 1. The lowest BCUT2D eigenvalue weighted by Gasteiger charge is -2.21. The number of halogens is 1. The van der Waals surface area contributed by atoms with Gasteiger partial charge >= 0.3 is 0 Å². The number of nitrogens with zero attached hydrogens (tertiary/aromatic N) is 3. The van der Waals surface area contributed by atoms with E-state index in [0.717, 1.165) is 21.6 Å². The number of aryl methyl sites for hydroxylation is 1. The second kappa shape index (κ2) is 6.54. The van der Waals surface area contributed by atoms with Crippen LogP contribution < -0.4 is 5.43 Å². The largest absolute Gasteiger partial charge is 0.318 e. The summed E-state index contributed by atoms with van der Waals surface area (Å²) in [5, 5.41) is 6.62. The Morgan fingerprint density at radius 2 is 1.96 bits per heavy atom. The van der Waals surface area contributed by atoms with Gasteiger partial charge in [-0.15, -0.1) is 0 Å². The number of amidine groups is 1. The molecule has 1 aliphatic heterocycles. The standard InChI is InChI=1S/C19H21ClN4S/c1-11-10-17(12(2)24(11)16-8-4-14(20)5-9-16)18-13(3)25-19(23-22-18)21-15-6-7-15/h4-5,8-10,13,15H,6-7H2,1-3H3,(H,21,23)/t13-/m1/s1. The van der Waals surface area contributed by atoms with Crippen LogP contribution in [-0.2, 0) is 0 Å². The van der Waals surface area contributed by atoms with Crippen molar-refractivity contribution in [1.29, 1.82) is 0 Å². The summed E-state index contributed by atoms with van der Waals surface area (Å²) in [7, 11) is 0. The number of aromatic nitrogens is 1. The van der Waals surface area contributed by atoms with Gasteiger partial charge in [-0.05, 0) is 63.9 Å². The van der Waals surface area contributed by atoms with E-state index in [0.29, 0.717) is 6.04 Å². The number of hydrogen-bond donors (Lipinski definition) is 1. The van der Waals surface area contributed by atoms with E-state index in [2.05, 4.69) is 46.9 Å². The van der Waals surface area contributed by atoms with Crippen LogP contribution in [0, 0.1) is 13.8 Å². The van der Waals surface area contributed by atoms with Crippen LogP contribution in [0.4, 0.5) is 0 Å². The van der Waals surface area contributed by atoms with Crippen molar-refractivity contribution in [3.63, 3.8) is 0 Å². The van der Waals surface area contributed by atoms with Gasteiger partial charge in [0.15, 0.2) is 5.17 Å². The van der Waals surface area contributed by atoms with Crippen LogP contribution in [-0.4, -0.2) is 26.7 Å². The van der Waals surface area contributed by atoms with Gasteiger partial charge in [0.25, 0.3) is 0 Å². The molecule has 4 nitrogen and oxygen atoms in total. The predicted molar refractivity (Wildman–Crippen MR) is 107 cm³/mol. The van der Waals surface area contributed by atoms with Crippen LogP contribution in [0.15, 0.2) is 40.4 Å². The van der Waals surface area contributed by atoms with E-state index in [1.165, 1.54) is 29.8 Å². The minimum absolute atomic E-state index is 0.276. The number of rotatable bonds is 3. The van der Waals surface area contributed by atoms with Gasteiger partial charge in [0.05, 0.1) is 17.0 Å². The number of aliphatic imine (C=N–C) groups is 1. The van der Waals surface area contributed by atoms with Crippen molar-refractivity contribution in [2.45, 2.75) is 44.9 Å². The van der Waals surface area contributed by atoms with Crippen molar-refractivity contribution in [1.82, 2.24) is 9.99 Å². The first kappa shape index (κ1) is 16.7. The van der Waals surface area contributed by atoms with Gasteiger partial charge in [-0.25, -0.2) is 0 Å². The topological polar surface area (TPSA) is 41.7 Å². The molecule has 2 aromatic rings. The molecule has 130 valence electrons. The third-order valence-corrected chi connectivity index (χ3v) is 5.83. The van der Waals surface area contributed by atoms with Gasteiger partial charge in [0, 0.05) is 27.7 Å². The summed E-state index contributed by atoms with van der Waals surface area (Å²) in [6.45, 7) is 6.46. The average molecular weight is 373 g/mol. The molecule has 1 fully saturated rings. The van der Waals surface area contributed by atoms with Crippen molar-refractivity contribution in [2.75, 3.05) is 0 Å². The zero-order chi connectivity index (χ0) is 17.6. The van der Waals surface area contributed by atoms with Crippen molar-refractivity contribution in [2.24, 2.45) is 10.1 Å². The SMILES string of the molecule is Cc1cc(C2=NNC(=NC3CC3)S[C@@H]2C)c(C)n1-c1ccc(Cl)cc1. The van der Waals surface area contributed by atoms with Crippen LogP contribution in [0.25, 0.3) is 5.69 Å². The number of hydrogen-bond acceptors (Lipinski definition) is 3. The molecular weight excluding hydrogens is 352 g/mol. The third kappa shape index (κ3) is 3.35. The summed E-state index contributed by atoms with van der Waals surface area (Å²) < 4.78 is 2.25. The Kier molecular flexibility index (Phi) is 4.38. The minimum Gasteiger partial charge on any atom is -0.318 e. The molecule has 0 bridgehead atoms. The lowest BCUT2D eigenvalue weighted by atomic mass is 10.1. The smallest absolute Gasteiger partial charge is 0.178 e. The molecule has 1 aromatic heterocycles. The van der Waals surface area contributed by atoms with E-state index in [9.17, 15) is 0 Å². The second-order valence-electron chi connectivity index (χ2n) is 6.63. The van der Waals surface area contributed by atoms with Gasteiger partial charge in [-0.2, -0.15) is 5.10 Å². The summed E-state index contributed by atoms with van der Waals surface area (Å²) >= 11 is 7.79. The van der Waals surface area contributed by atoms with Crippen molar-refractivity contribution in [3.8, 4) is 5.69 Å². The summed E-state index contributed by atoms with van der Waals surface area (Å²) in [5.41, 5.74) is 8.90. The molecule has 0 saturated heterocycles. The molecule has 0 amide bonds. The summed E-state index contributed by atoms with van der Waals surface area (Å²) in [6.07, 6.45) is 2.41. The molecule has 2 aliphatic rings. The van der Waals surface area contributed by atoms with E-state index in [1.54, 1.807) is 11.8 Å². The number of benzene rings is 1. The van der Waals surface area contributed by atoms with Gasteiger partial charge in [0.1, 0.15) is 0 Å². The third-order valence-electron chi connectivity index (χ3n) is 4.58. The quantitative estimate of drug-likeness (QED) is 0.848. The maximum atomic E-state index is 6.03. The highest BCUT2D eigenvalue weighted by Gasteiger charge is 2.27. The highest BCUT2D eigenvalue weighted by Crippen LogP contribution is 2.30. The van der Waals surface area contributed by atoms with Crippen molar-refractivity contribution in [3.05, 3.63) is 52.3 Å². The molecule has 1 saturated carbocycles. The molecule has 1 aromatic carbocycles. The fourth-order valence-electron chi connectivity index (χ4n) is 3.17. The molecule has 0 radical (unpaired) electrons. The van der Waals surface area contributed by atoms with Crippen LogP contribution in [0.5, 0.6) is 0 Å². The maximum Gasteiger partial charge on any atom is 0.178 e. The highest BCUT2D eigenvalue weighted by molar-refractivity contribution is 8.15. The molecule has 1 aliphatic carbocycles. The molecule has 4 rings (SSSR count). The Balaban J connectivity index is 1.68. The second-order valence-corrected chi connectivity index (χ2v) is 8.40. The van der Waals surface area contributed by atoms with E-state index < -0.39 is 0 Å². The van der Waals surface area contributed by atoms with E-state index in [1.807, 2.05) is 24.3 Å². The maximum absolute atomic E-state index is 6.03. The Bertz CT molecular complexity index is 862. The highest BCUT2D eigenvalue weighted by atomic mass is 35.5. The normalized spacial score (nSPS) is 22.0. The Hall–Kier alpha value is -1.72. The zero-order valence-electron chi connectivity index (χ0n) is 14.6. The summed E-state index contributed by atoms with van der Waals surface area (Å²) in [5.74, 6) is 0. The Morgan fingerprint density at radius 1 is 1.24 bits per heavy atom. The number of nitrogens with one attached hydrogen (secondary N) is 1.